The second kappa shape index (κ2) is 13.9. The van der Waals surface area contributed by atoms with Crippen LogP contribution in [0, 0.1) is 5.41 Å². The van der Waals surface area contributed by atoms with Crippen molar-refractivity contribution in [3.05, 3.63) is 0 Å². The van der Waals surface area contributed by atoms with Gasteiger partial charge in [0.05, 0.1) is 0 Å². The Morgan fingerprint density at radius 2 is 1.00 bits per heavy atom. The van der Waals surface area contributed by atoms with Gasteiger partial charge in [-0.05, 0) is 32.1 Å². The van der Waals surface area contributed by atoms with Crippen molar-refractivity contribution >= 4 is 8.80 Å². The molecule has 0 aromatic carbocycles. The maximum absolute atomic E-state index is 13.3. The first-order chi connectivity index (χ1) is 16.2. The summed E-state index contributed by atoms with van der Waals surface area (Å²) in [5.74, 6) is 0. The number of rotatable bonds is 16. The van der Waals surface area contributed by atoms with Crippen molar-refractivity contribution in [2.45, 2.75) is 109 Å². The molecule has 3 nitrogen and oxygen atoms in total. The summed E-state index contributed by atoms with van der Waals surface area (Å²) in [6, 6.07) is -0.105. The zero-order chi connectivity index (χ0) is 28.5. The third-order valence-electron chi connectivity index (χ3n) is 5.46. The Morgan fingerprint density at radius 3 is 1.31 bits per heavy atom. The van der Waals surface area contributed by atoms with Gasteiger partial charge >= 0.3 is 33.5 Å². The lowest BCUT2D eigenvalue weighted by molar-refractivity contribution is -0.429. The molecule has 0 bridgehead atoms. The van der Waals surface area contributed by atoms with Gasteiger partial charge in [0.15, 0.2) is 0 Å². The van der Waals surface area contributed by atoms with Crippen molar-refractivity contribution in [3.8, 4) is 0 Å². The molecule has 0 aliphatic heterocycles. The van der Waals surface area contributed by atoms with Crippen LogP contribution in [-0.2, 0) is 13.3 Å². The van der Waals surface area contributed by atoms with Crippen LogP contribution in [0.1, 0.15) is 72.1 Å². The van der Waals surface area contributed by atoms with Gasteiger partial charge in [0.25, 0.3) is 5.41 Å². The van der Waals surface area contributed by atoms with Gasteiger partial charge < -0.3 is 13.3 Å². The lowest BCUT2D eigenvalue weighted by Gasteiger charge is -2.40. The van der Waals surface area contributed by atoms with E-state index < -0.39 is 70.7 Å². The normalized spacial score (nSPS) is 15.4. The predicted octanol–water partition coefficient (Wildman–Crippen LogP) is 8.76. The van der Waals surface area contributed by atoms with Gasteiger partial charge in [0, 0.05) is 31.8 Å². The van der Waals surface area contributed by atoms with E-state index in [1.54, 1.807) is 13.8 Å². The monoisotopic (exact) mass is 576 g/mol. The molecule has 0 saturated heterocycles. The number of alkyl halides is 12. The van der Waals surface area contributed by atoms with Crippen LogP contribution in [0.3, 0.4) is 0 Å². The lowest BCUT2D eigenvalue weighted by Crippen LogP contribution is -2.60. The fourth-order valence-electron chi connectivity index (χ4n) is 3.27. The SMILES string of the molecule is CCCCO[Si](CC)(OCCCC)OC(CCC(F)(F)F)CCC(C(F)(F)F)(C(F)(F)F)C(F)(F)F. The molecule has 0 fully saturated rings. The molecule has 16 heteroatoms. The highest BCUT2D eigenvalue weighted by atomic mass is 28.4. The summed E-state index contributed by atoms with van der Waals surface area (Å²) in [5, 5.41) is 0. The van der Waals surface area contributed by atoms with E-state index >= 15 is 0 Å². The van der Waals surface area contributed by atoms with E-state index in [1.165, 1.54) is 6.92 Å². The van der Waals surface area contributed by atoms with Crippen LogP contribution < -0.4 is 0 Å². The summed E-state index contributed by atoms with van der Waals surface area (Å²) in [5.41, 5.74) is -6.14. The van der Waals surface area contributed by atoms with Crippen molar-refractivity contribution in [1.82, 2.24) is 0 Å². The van der Waals surface area contributed by atoms with E-state index in [1.807, 2.05) is 0 Å². The molecule has 0 N–H and O–H groups in total. The second-order valence-electron chi connectivity index (χ2n) is 8.27. The van der Waals surface area contributed by atoms with Gasteiger partial charge in [0.2, 0.25) is 0 Å². The molecular weight excluding hydrogens is 544 g/mol. The Balaban J connectivity index is 6.25. The number of hydrogen-bond donors (Lipinski definition) is 0. The Bertz CT molecular complexity index is 571. The topological polar surface area (TPSA) is 27.7 Å². The van der Waals surface area contributed by atoms with Crippen molar-refractivity contribution in [2.75, 3.05) is 13.2 Å². The van der Waals surface area contributed by atoms with Crippen molar-refractivity contribution in [3.63, 3.8) is 0 Å². The Kier molecular flexibility index (Phi) is 13.6. The molecule has 0 aromatic heterocycles. The van der Waals surface area contributed by atoms with Crippen LogP contribution in [0.5, 0.6) is 0 Å². The minimum atomic E-state index is -6.81. The average molecular weight is 577 g/mol. The molecule has 0 saturated carbocycles. The van der Waals surface area contributed by atoms with Gasteiger partial charge in [-0.25, -0.2) is 0 Å². The summed E-state index contributed by atoms with van der Waals surface area (Å²) < 4.78 is 175. The summed E-state index contributed by atoms with van der Waals surface area (Å²) >= 11 is 0. The van der Waals surface area contributed by atoms with Crippen LogP contribution in [0.15, 0.2) is 0 Å². The molecule has 0 amide bonds. The van der Waals surface area contributed by atoms with Crippen LogP contribution in [-0.4, -0.2) is 52.8 Å². The third-order valence-corrected chi connectivity index (χ3v) is 8.31. The molecule has 0 heterocycles. The Labute approximate surface area is 203 Å². The standard InChI is InChI=1S/C20H32F12O3Si/c1-4-7-13-33-36(6-3,34-14-8-5-2)35-15(10-12-17(21,22)23)9-11-16(18(24,25)26,19(27,28)29)20(30,31)32/h15H,4-14H2,1-3H3. The highest BCUT2D eigenvalue weighted by Gasteiger charge is 2.82. The molecule has 1 unspecified atom stereocenters. The van der Waals surface area contributed by atoms with E-state index in [-0.39, 0.29) is 19.3 Å². The van der Waals surface area contributed by atoms with Crippen LogP contribution >= 0.6 is 0 Å². The number of halogens is 12. The zero-order valence-corrected chi connectivity index (χ0v) is 21.1. The molecule has 1 atom stereocenters. The zero-order valence-electron chi connectivity index (χ0n) is 20.1. The van der Waals surface area contributed by atoms with Crippen LogP contribution in [0.25, 0.3) is 0 Å². The van der Waals surface area contributed by atoms with E-state index in [0.717, 1.165) is 0 Å². The van der Waals surface area contributed by atoms with E-state index in [9.17, 15) is 52.7 Å². The first-order valence-electron chi connectivity index (χ1n) is 11.4. The van der Waals surface area contributed by atoms with Gasteiger partial charge in [-0.15, -0.1) is 0 Å². The second-order valence-corrected chi connectivity index (χ2v) is 11.2. The fourth-order valence-corrected chi connectivity index (χ4v) is 5.72. The predicted molar refractivity (Wildman–Crippen MR) is 108 cm³/mol. The van der Waals surface area contributed by atoms with E-state index in [4.69, 9.17) is 13.3 Å². The summed E-state index contributed by atoms with van der Waals surface area (Å²) in [4.78, 5) is 0. The molecule has 0 spiro atoms. The van der Waals surface area contributed by atoms with Crippen LogP contribution in [0.4, 0.5) is 52.7 Å². The van der Waals surface area contributed by atoms with Gasteiger partial charge in [-0.1, -0.05) is 33.6 Å². The van der Waals surface area contributed by atoms with Crippen molar-refractivity contribution in [1.29, 1.82) is 0 Å². The van der Waals surface area contributed by atoms with Gasteiger partial charge in [-0.2, -0.15) is 52.7 Å². The van der Waals surface area contributed by atoms with E-state index in [2.05, 4.69) is 0 Å². The molecule has 0 rings (SSSR count). The van der Waals surface area contributed by atoms with Crippen LogP contribution in [0.2, 0.25) is 6.04 Å². The molecule has 0 aliphatic carbocycles. The molecule has 36 heavy (non-hydrogen) atoms. The first-order valence-corrected chi connectivity index (χ1v) is 13.4. The average Bonchev–Trinajstić information content (AvgIpc) is 2.68. The minimum Gasteiger partial charge on any atom is -0.373 e. The molecular formula is C20H32F12O3Si. The molecule has 0 aliphatic rings. The fraction of sp³-hybridized carbons (Fsp3) is 1.00. The third kappa shape index (κ3) is 10.2. The highest BCUT2D eigenvalue weighted by molar-refractivity contribution is 6.60. The maximum Gasteiger partial charge on any atom is 0.500 e. The quantitative estimate of drug-likeness (QED) is 0.104. The van der Waals surface area contributed by atoms with Gasteiger partial charge in [0.1, 0.15) is 0 Å². The maximum atomic E-state index is 13.3. The van der Waals surface area contributed by atoms with E-state index in [0.29, 0.717) is 25.7 Å². The molecule has 0 radical (unpaired) electrons. The van der Waals surface area contributed by atoms with Gasteiger partial charge in [-0.3, -0.25) is 0 Å². The Morgan fingerprint density at radius 1 is 0.611 bits per heavy atom. The lowest BCUT2D eigenvalue weighted by atomic mass is 9.79. The minimum absolute atomic E-state index is 0.0216. The largest absolute Gasteiger partial charge is 0.500 e. The molecule has 218 valence electrons. The van der Waals surface area contributed by atoms with Crippen molar-refractivity contribution in [2.24, 2.45) is 5.41 Å². The smallest absolute Gasteiger partial charge is 0.373 e. The number of hydrogen-bond acceptors (Lipinski definition) is 3. The molecule has 0 aromatic rings. The summed E-state index contributed by atoms with van der Waals surface area (Å²) in [7, 11) is -3.95. The Hall–Kier alpha value is -0.743. The highest BCUT2D eigenvalue weighted by Crippen LogP contribution is 2.62. The summed E-state index contributed by atoms with van der Waals surface area (Å²) in [6.45, 7) is 4.94. The summed E-state index contributed by atoms with van der Waals surface area (Å²) in [6.07, 6.45) is -32.4. The van der Waals surface area contributed by atoms with Crippen molar-refractivity contribution < 1.29 is 66.0 Å². The first kappa shape index (κ1) is 35.3. The number of unbranched alkanes of at least 4 members (excludes halogenated alkanes) is 2.